The number of likely N-dealkylation sites (tertiary alicyclic amines) is 1. The van der Waals surface area contributed by atoms with E-state index < -0.39 is 23.7 Å². The van der Waals surface area contributed by atoms with Crippen molar-refractivity contribution in [2.45, 2.75) is 44.9 Å². The molecule has 3 rings (SSSR count). The lowest BCUT2D eigenvalue weighted by molar-refractivity contribution is -0.145. The smallest absolute Gasteiger partial charge is 0.411 e. The summed E-state index contributed by atoms with van der Waals surface area (Å²) in [6.45, 7) is 6.94. The van der Waals surface area contributed by atoms with Gasteiger partial charge in [0.15, 0.2) is 0 Å². The van der Waals surface area contributed by atoms with Crippen LogP contribution in [0.1, 0.15) is 27.2 Å². The van der Waals surface area contributed by atoms with Gasteiger partial charge in [-0.1, -0.05) is 11.6 Å². The summed E-state index contributed by atoms with van der Waals surface area (Å²) in [7, 11) is 1.33. The Morgan fingerprint density at radius 2 is 2.04 bits per heavy atom. The molecule has 0 bridgehead atoms. The zero-order chi connectivity index (χ0) is 19.8. The van der Waals surface area contributed by atoms with Gasteiger partial charge in [0.2, 0.25) is 0 Å². The molecule has 1 aromatic rings. The summed E-state index contributed by atoms with van der Waals surface area (Å²) in [6.07, 6.45) is -0.0430. The highest BCUT2D eigenvalue weighted by Gasteiger charge is 2.45. The zero-order valence-electron chi connectivity index (χ0n) is 16.0. The van der Waals surface area contributed by atoms with Crippen molar-refractivity contribution in [3.63, 3.8) is 0 Å². The third-order valence-electron chi connectivity index (χ3n) is 4.64. The van der Waals surface area contributed by atoms with Crippen LogP contribution in [0.3, 0.4) is 0 Å². The van der Waals surface area contributed by atoms with Crippen molar-refractivity contribution in [1.29, 1.82) is 0 Å². The maximum Gasteiger partial charge on any atom is 0.411 e. The van der Waals surface area contributed by atoms with E-state index in [2.05, 4.69) is 4.90 Å². The largest absolute Gasteiger partial charge is 0.490 e. The number of hydrogen-bond acceptors (Lipinski definition) is 6. The molecule has 27 heavy (non-hydrogen) atoms. The van der Waals surface area contributed by atoms with Gasteiger partial charge in [-0.3, -0.25) is 4.90 Å². The number of fused-ring (bicyclic) bond motifs is 1. The maximum absolute atomic E-state index is 12.6. The Morgan fingerprint density at radius 1 is 1.30 bits per heavy atom. The van der Waals surface area contributed by atoms with Gasteiger partial charge >= 0.3 is 12.1 Å². The molecule has 8 heteroatoms. The van der Waals surface area contributed by atoms with E-state index >= 15 is 0 Å². The molecule has 2 atom stereocenters. The molecule has 0 spiro atoms. The van der Waals surface area contributed by atoms with E-state index in [0.717, 1.165) is 5.69 Å². The summed E-state index contributed by atoms with van der Waals surface area (Å²) in [5.41, 5.74) is 0.267. The van der Waals surface area contributed by atoms with Gasteiger partial charge in [0.1, 0.15) is 24.0 Å². The second kappa shape index (κ2) is 7.46. The van der Waals surface area contributed by atoms with E-state index in [1.54, 1.807) is 32.9 Å². The number of anilines is 1. The number of carbonyl (C=O) groups excluding carboxylic acids is 2. The van der Waals surface area contributed by atoms with Gasteiger partial charge in [-0.2, -0.15) is 0 Å². The molecule has 2 heterocycles. The van der Waals surface area contributed by atoms with E-state index in [-0.39, 0.29) is 6.04 Å². The molecule has 1 amide bonds. The van der Waals surface area contributed by atoms with Gasteiger partial charge in [0.05, 0.1) is 19.3 Å². The molecule has 1 aromatic carbocycles. The van der Waals surface area contributed by atoms with Crippen LogP contribution in [0.2, 0.25) is 5.02 Å². The maximum atomic E-state index is 12.6. The van der Waals surface area contributed by atoms with Crippen molar-refractivity contribution >= 4 is 29.4 Å². The molecular weight excluding hydrogens is 372 g/mol. The lowest BCUT2D eigenvalue weighted by Crippen LogP contribution is -2.45. The highest BCUT2D eigenvalue weighted by Crippen LogP contribution is 2.38. The number of ether oxygens (including phenoxy) is 3. The number of esters is 1. The van der Waals surface area contributed by atoms with Gasteiger partial charge in [-0.15, -0.1) is 0 Å². The minimum Gasteiger partial charge on any atom is -0.490 e. The third kappa shape index (κ3) is 4.24. The second-order valence-electron chi connectivity index (χ2n) is 7.72. The van der Waals surface area contributed by atoms with Crippen LogP contribution >= 0.6 is 11.6 Å². The second-order valence-corrected chi connectivity index (χ2v) is 8.15. The molecule has 2 aliphatic rings. The highest BCUT2D eigenvalue weighted by atomic mass is 35.5. The lowest BCUT2D eigenvalue weighted by atomic mass is 10.1. The average molecular weight is 397 g/mol. The Morgan fingerprint density at radius 3 is 2.70 bits per heavy atom. The number of methoxy groups -OCH3 is 1. The average Bonchev–Trinajstić information content (AvgIpc) is 3.04. The summed E-state index contributed by atoms with van der Waals surface area (Å²) in [4.78, 5) is 28.6. The number of rotatable bonds is 2. The van der Waals surface area contributed by atoms with Crippen molar-refractivity contribution in [2.24, 2.45) is 0 Å². The van der Waals surface area contributed by atoms with Crippen LogP contribution in [0.4, 0.5) is 10.5 Å². The van der Waals surface area contributed by atoms with Gasteiger partial charge in [0.25, 0.3) is 0 Å². The fraction of sp³-hybridized carbons (Fsp3) is 0.579. The van der Waals surface area contributed by atoms with Gasteiger partial charge in [-0.25, -0.2) is 9.59 Å². The Hall–Kier alpha value is -2.15. The minimum absolute atomic E-state index is 0.0505. The van der Waals surface area contributed by atoms with Crippen LogP contribution in [0, 0.1) is 0 Å². The van der Waals surface area contributed by atoms with Crippen molar-refractivity contribution in [1.82, 2.24) is 4.90 Å². The summed E-state index contributed by atoms with van der Waals surface area (Å²) < 4.78 is 16.1. The Bertz CT molecular complexity index is 733. The monoisotopic (exact) mass is 396 g/mol. The zero-order valence-corrected chi connectivity index (χ0v) is 16.8. The van der Waals surface area contributed by atoms with Crippen LogP contribution in [0.25, 0.3) is 0 Å². The normalized spacial score (nSPS) is 22.1. The molecule has 0 aromatic heterocycles. The van der Waals surface area contributed by atoms with Crippen LogP contribution in [0.5, 0.6) is 5.75 Å². The first-order valence-corrected chi connectivity index (χ1v) is 9.34. The Labute approximate surface area is 164 Å². The predicted octanol–water partition coefficient (Wildman–Crippen LogP) is 3.09. The van der Waals surface area contributed by atoms with Gasteiger partial charge < -0.3 is 19.1 Å². The quantitative estimate of drug-likeness (QED) is 0.715. The SMILES string of the molecule is COC(=O)C1CC(N2CCOc3cc(Cl)ccc32)CN1C(=O)OC(C)(C)C. The molecule has 1 saturated heterocycles. The predicted molar refractivity (Wildman–Crippen MR) is 101 cm³/mol. The first-order valence-electron chi connectivity index (χ1n) is 8.96. The number of amides is 1. The molecule has 0 radical (unpaired) electrons. The summed E-state index contributed by atoms with van der Waals surface area (Å²) in [5.74, 6) is 0.270. The summed E-state index contributed by atoms with van der Waals surface area (Å²) in [6, 6.07) is 4.76. The molecule has 2 unspecified atom stereocenters. The first kappa shape index (κ1) is 19.6. The number of halogens is 1. The van der Waals surface area contributed by atoms with E-state index in [1.807, 2.05) is 6.07 Å². The lowest BCUT2D eigenvalue weighted by Gasteiger charge is -2.36. The van der Waals surface area contributed by atoms with Crippen molar-refractivity contribution in [3.8, 4) is 5.75 Å². The molecular formula is C19H25ClN2O5. The van der Waals surface area contributed by atoms with Crippen LogP contribution in [-0.4, -0.2) is 61.5 Å². The van der Waals surface area contributed by atoms with Crippen LogP contribution in [-0.2, 0) is 14.3 Å². The fourth-order valence-electron chi connectivity index (χ4n) is 3.52. The number of benzene rings is 1. The topological polar surface area (TPSA) is 68.3 Å². The molecule has 2 aliphatic heterocycles. The van der Waals surface area contributed by atoms with Crippen molar-refractivity contribution in [3.05, 3.63) is 23.2 Å². The molecule has 0 saturated carbocycles. The number of nitrogens with zero attached hydrogens (tertiary/aromatic N) is 2. The highest BCUT2D eigenvalue weighted by molar-refractivity contribution is 6.30. The van der Waals surface area contributed by atoms with E-state index in [0.29, 0.717) is 36.9 Å². The molecule has 1 fully saturated rings. The molecule has 0 N–H and O–H groups in total. The van der Waals surface area contributed by atoms with E-state index in [4.69, 9.17) is 25.8 Å². The number of hydrogen-bond donors (Lipinski definition) is 0. The van der Waals surface area contributed by atoms with E-state index in [1.165, 1.54) is 12.0 Å². The van der Waals surface area contributed by atoms with Crippen molar-refractivity contribution in [2.75, 3.05) is 31.7 Å². The summed E-state index contributed by atoms with van der Waals surface area (Å²) in [5, 5.41) is 0.602. The van der Waals surface area contributed by atoms with E-state index in [9.17, 15) is 9.59 Å². The minimum atomic E-state index is -0.673. The van der Waals surface area contributed by atoms with Crippen LogP contribution in [0.15, 0.2) is 18.2 Å². The molecule has 148 valence electrons. The van der Waals surface area contributed by atoms with Gasteiger partial charge in [-0.05, 0) is 32.9 Å². The summed E-state index contributed by atoms with van der Waals surface area (Å²) >= 11 is 6.06. The number of carbonyl (C=O) groups is 2. The molecule has 7 nitrogen and oxygen atoms in total. The molecule has 0 aliphatic carbocycles. The standard InChI is InChI=1S/C19H25ClN2O5/c1-19(2,3)27-18(24)22-11-13(10-15(22)17(23)25-4)21-7-8-26-16-9-12(20)5-6-14(16)21/h5-6,9,13,15H,7-8,10-11H2,1-4H3. The third-order valence-corrected chi connectivity index (χ3v) is 4.88. The Balaban J connectivity index is 1.84. The van der Waals surface area contributed by atoms with Gasteiger partial charge in [0, 0.05) is 30.1 Å². The van der Waals surface area contributed by atoms with Crippen LogP contribution < -0.4 is 9.64 Å². The van der Waals surface area contributed by atoms with Crippen molar-refractivity contribution < 1.29 is 23.8 Å². The first-order chi connectivity index (χ1) is 12.7. The Kier molecular flexibility index (Phi) is 5.42. The fourth-order valence-corrected chi connectivity index (χ4v) is 3.68.